The van der Waals surface area contributed by atoms with Crippen LogP contribution < -0.4 is 4.90 Å². The van der Waals surface area contributed by atoms with Crippen LogP contribution in [0.1, 0.15) is 50.5 Å². The van der Waals surface area contributed by atoms with Crippen LogP contribution in [-0.4, -0.2) is 52.4 Å². The number of nitrogens with zero attached hydrogens (tertiary/aromatic N) is 3. The number of amides is 1. The van der Waals surface area contributed by atoms with Gasteiger partial charge in [-0.3, -0.25) is 4.98 Å². The molecule has 1 amide bonds. The zero-order chi connectivity index (χ0) is 24.7. The number of thiophene rings is 1. The van der Waals surface area contributed by atoms with Gasteiger partial charge in [0.2, 0.25) is 0 Å². The van der Waals surface area contributed by atoms with Crippen LogP contribution in [0.25, 0.3) is 21.3 Å². The Morgan fingerprint density at radius 3 is 2.83 bits per heavy atom. The van der Waals surface area contributed by atoms with Crippen molar-refractivity contribution in [3.63, 3.8) is 0 Å². The van der Waals surface area contributed by atoms with Crippen molar-refractivity contribution in [3.8, 4) is 11.1 Å². The van der Waals surface area contributed by atoms with Gasteiger partial charge >= 0.3 is 6.09 Å². The molecule has 0 bridgehead atoms. The molecule has 4 heterocycles. The predicted octanol–water partition coefficient (Wildman–Crippen LogP) is 6.26. The van der Waals surface area contributed by atoms with Crippen LogP contribution >= 0.6 is 22.9 Å². The monoisotopic (exact) mass is 513 g/mol. The molecule has 35 heavy (non-hydrogen) atoms. The SMILES string of the molecule is CC(C)(C)OC(=O)N1CCC[C@@H](N2CCCc3cc(Cl)cc(-c4ccnc5cc(CO)sc45)c32)C1. The summed E-state index contributed by atoms with van der Waals surface area (Å²) >= 11 is 8.21. The highest BCUT2D eigenvalue weighted by Gasteiger charge is 2.34. The summed E-state index contributed by atoms with van der Waals surface area (Å²) in [7, 11) is 0. The van der Waals surface area contributed by atoms with Gasteiger partial charge in [-0.05, 0) is 76.3 Å². The minimum Gasteiger partial charge on any atom is -0.444 e. The summed E-state index contributed by atoms with van der Waals surface area (Å²) in [6.45, 7) is 8.04. The Kier molecular flexibility index (Phi) is 6.68. The minimum atomic E-state index is -0.507. The van der Waals surface area contributed by atoms with Crippen molar-refractivity contribution >= 4 is 44.9 Å². The van der Waals surface area contributed by atoms with Crippen LogP contribution in [0.2, 0.25) is 5.02 Å². The first kappa shape index (κ1) is 24.3. The molecular weight excluding hydrogens is 482 g/mol. The number of likely N-dealkylation sites (tertiary alicyclic amines) is 1. The average Bonchev–Trinajstić information content (AvgIpc) is 3.26. The van der Waals surface area contributed by atoms with E-state index in [4.69, 9.17) is 16.3 Å². The summed E-state index contributed by atoms with van der Waals surface area (Å²) in [6, 6.07) is 8.36. The predicted molar refractivity (Wildman–Crippen MR) is 142 cm³/mol. The molecule has 1 aromatic carbocycles. The van der Waals surface area contributed by atoms with Crippen LogP contribution in [0.5, 0.6) is 0 Å². The van der Waals surface area contributed by atoms with E-state index in [-0.39, 0.29) is 18.7 Å². The number of halogens is 1. The van der Waals surface area contributed by atoms with Crippen molar-refractivity contribution in [2.45, 2.75) is 64.7 Å². The van der Waals surface area contributed by atoms with E-state index in [0.717, 1.165) is 70.0 Å². The highest BCUT2D eigenvalue weighted by atomic mass is 35.5. The van der Waals surface area contributed by atoms with Gasteiger partial charge in [0.05, 0.1) is 16.8 Å². The van der Waals surface area contributed by atoms with Crippen LogP contribution in [0.15, 0.2) is 30.5 Å². The van der Waals surface area contributed by atoms with Crippen molar-refractivity contribution in [2.24, 2.45) is 0 Å². The van der Waals surface area contributed by atoms with Crippen LogP contribution in [0, 0.1) is 0 Å². The number of aryl methyl sites for hydroxylation is 1. The molecule has 0 saturated carbocycles. The van der Waals surface area contributed by atoms with Crippen molar-refractivity contribution in [3.05, 3.63) is 45.9 Å². The lowest BCUT2D eigenvalue weighted by Gasteiger charge is -2.44. The highest BCUT2D eigenvalue weighted by Crippen LogP contribution is 2.44. The largest absolute Gasteiger partial charge is 0.444 e. The van der Waals surface area contributed by atoms with E-state index in [1.807, 2.05) is 44.0 Å². The number of aliphatic hydroxyl groups excluding tert-OH is 1. The normalized spacial score (nSPS) is 18.6. The molecule has 186 valence electrons. The number of aromatic nitrogens is 1. The molecule has 2 aliphatic rings. The Bertz CT molecular complexity index is 1250. The van der Waals surface area contributed by atoms with Crippen molar-refractivity contribution in [1.82, 2.24) is 9.88 Å². The smallest absolute Gasteiger partial charge is 0.410 e. The molecule has 3 aromatic rings. The molecule has 1 atom stereocenters. The Balaban J connectivity index is 1.55. The Labute approximate surface area is 215 Å². The third-order valence-electron chi connectivity index (χ3n) is 6.68. The second-order valence-electron chi connectivity index (χ2n) is 10.4. The van der Waals surface area contributed by atoms with Crippen molar-refractivity contribution in [2.75, 3.05) is 24.5 Å². The van der Waals surface area contributed by atoms with Gasteiger partial charge < -0.3 is 19.6 Å². The number of benzene rings is 1. The van der Waals surface area contributed by atoms with E-state index in [2.05, 4.69) is 22.0 Å². The zero-order valence-corrected chi connectivity index (χ0v) is 22.1. The summed E-state index contributed by atoms with van der Waals surface area (Å²) in [6.07, 6.45) is 5.60. The number of aliphatic hydroxyl groups is 1. The molecule has 1 N–H and O–H groups in total. The number of piperidine rings is 1. The molecular formula is C27H32ClN3O3S. The standard InChI is InChI=1S/C27H32ClN3O3S/c1-27(2,3)34-26(33)30-10-5-7-19(15-30)31-11-4-6-17-12-18(28)13-22(24(17)31)21-8-9-29-23-14-20(16-32)35-25(21)23/h8-9,12-14,19,32H,4-7,10-11,15-16H2,1-3H3/t19-/m1/s1. The van der Waals surface area contributed by atoms with Crippen LogP contribution in [-0.2, 0) is 17.8 Å². The molecule has 2 aromatic heterocycles. The topological polar surface area (TPSA) is 65.9 Å². The fraction of sp³-hybridized carbons (Fsp3) is 0.481. The minimum absolute atomic E-state index is 0.00280. The van der Waals surface area contributed by atoms with Gasteiger partial charge in [-0.2, -0.15) is 0 Å². The quantitative estimate of drug-likeness (QED) is 0.447. The summed E-state index contributed by atoms with van der Waals surface area (Å²) in [5, 5.41) is 10.4. The summed E-state index contributed by atoms with van der Waals surface area (Å²) in [5.41, 5.74) is 5.03. The number of fused-ring (bicyclic) bond motifs is 2. The second kappa shape index (κ2) is 9.60. The molecule has 0 unspecified atom stereocenters. The number of hydrogen-bond acceptors (Lipinski definition) is 6. The molecule has 1 saturated heterocycles. The molecule has 0 spiro atoms. The molecule has 2 aliphatic heterocycles. The lowest BCUT2D eigenvalue weighted by molar-refractivity contribution is 0.0197. The summed E-state index contributed by atoms with van der Waals surface area (Å²) < 4.78 is 6.74. The molecule has 6 nitrogen and oxygen atoms in total. The first-order valence-corrected chi connectivity index (χ1v) is 13.5. The van der Waals surface area contributed by atoms with E-state index in [1.165, 1.54) is 11.3 Å². The number of hydrogen-bond donors (Lipinski definition) is 1. The van der Waals surface area contributed by atoms with E-state index in [9.17, 15) is 9.90 Å². The summed E-state index contributed by atoms with van der Waals surface area (Å²) in [4.78, 5) is 22.6. The Hall–Kier alpha value is -2.35. The number of pyridine rings is 1. The van der Waals surface area contributed by atoms with Crippen molar-refractivity contribution in [1.29, 1.82) is 0 Å². The fourth-order valence-electron chi connectivity index (χ4n) is 5.29. The maximum Gasteiger partial charge on any atom is 0.410 e. The number of anilines is 1. The Morgan fingerprint density at radius 1 is 1.23 bits per heavy atom. The van der Waals surface area contributed by atoms with Gasteiger partial charge in [0, 0.05) is 58.6 Å². The van der Waals surface area contributed by atoms with Gasteiger partial charge in [0.25, 0.3) is 0 Å². The molecule has 8 heteroatoms. The number of rotatable bonds is 3. The molecule has 0 radical (unpaired) electrons. The van der Waals surface area contributed by atoms with Gasteiger partial charge in [0.1, 0.15) is 5.60 Å². The van der Waals surface area contributed by atoms with E-state index >= 15 is 0 Å². The fourth-order valence-corrected chi connectivity index (χ4v) is 6.53. The van der Waals surface area contributed by atoms with Crippen LogP contribution in [0.4, 0.5) is 10.5 Å². The van der Waals surface area contributed by atoms with Gasteiger partial charge in [-0.25, -0.2) is 4.79 Å². The third kappa shape index (κ3) is 4.99. The summed E-state index contributed by atoms with van der Waals surface area (Å²) in [5.74, 6) is 0. The lowest BCUT2D eigenvalue weighted by Crippen LogP contribution is -2.52. The number of ether oxygens (including phenoxy) is 1. The van der Waals surface area contributed by atoms with Gasteiger partial charge in [-0.15, -0.1) is 11.3 Å². The second-order valence-corrected chi connectivity index (χ2v) is 12.0. The molecule has 0 aliphatic carbocycles. The van der Waals surface area contributed by atoms with E-state index in [0.29, 0.717) is 6.54 Å². The van der Waals surface area contributed by atoms with Gasteiger partial charge in [-0.1, -0.05) is 11.6 Å². The first-order chi connectivity index (χ1) is 16.7. The number of carbonyl (C=O) groups excluding carboxylic acids is 1. The first-order valence-electron chi connectivity index (χ1n) is 12.3. The Morgan fingerprint density at radius 2 is 2.06 bits per heavy atom. The van der Waals surface area contributed by atoms with Crippen molar-refractivity contribution < 1.29 is 14.6 Å². The lowest BCUT2D eigenvalue weighted by atomic mass is 9.91. The number of carbonyl (C=O) groups is 1. The average molecular weight is 514 g/mol. The van der Waals surface area contributed by atoms with Gasteiger partial charge in [0.15, 0.2) is 0 Å². The molecule has 1 fully saturated rings. The molecule has 5 rings (SSSR count). The highest BCUT2D eigenvalue weighted by molar-refractivity contribution is 7.19. The third-order valence-corrected chi connectivity index (χ3v) is 8.04. The maximum atomic E-state index is 12.8. The van der Waals surface area contributed by atoms with Crippen LogP contribution in [0.3, 0.4) is 0 Å². The maximum absolute atomic E-state index is 12.8. The van der Waals surface area contributed by atoms with E-state index < -0.39 is 5.60 Å². The zero-order valence-electron chi connectivity index (χ0n) is 20.5. The van der Waals surface area contributed by atoms with E-state index in [1.54, 1.807) is 11.3 Å².